The van der Waals surface area contributed by atoms with Crippen LogP contribution in [0.5, 0.6) is 0 Å². The Bertz CT molecular complexity index is 541. The molecule has 2 aromatic rings. The summed E-state index contributed by atoms with van der Waals surface area (Å²) in [5.74, 6) is -0.327. The maximum atomic E-state index is 11.6. The van der Waals surface area contributed by atoms with Gasteiger partial charge in [0.2, 0.25) is 0 Å². The van der Waals surface area contributed by atoms with Gasteiger partial charge in [0.05, 0.1) is 12.3 Å². The number of carbonyl (C=O) groups is 1. The fraction of sp³-hybridized carbons (Fsp3) is 0.429. The fourth-order valence-corrected chi connectivity index (χ4v) is 1.74. The Balaban J connectivity index is 0.000000861. The summed E-state index contributed by atoms with van der Waals surface area (Å²) in [5, 5.41) is 4.30. The van der Waals surface area contributed by atoms with E-state index < -0.39 is 0 Å². The summed E-state index contributed by atoms with van der Waals surface area (Å²) >= 11 is 0. The number of aromatic nitrogens is 3. The van der Waals surface area contributed by atoms with Crippen LogP contribution >= 0.6 is 0 Å². The molecule has 0 unspecified atom stereocenters. The van der Waals surface area contributed by atoms with Crippen LogP contribution in [0, 0.1) is 6.92 Å². The minimum atomic E-state index is -0.327. The largest absolute Gasteiger partial charge is 0.461 e. The number of carbonyl (C=O) groups excluding carboxylic acids is 1. The molecule has 0 saturated heterocycles. The van der Waals surface area contributed by atoms with Crippen LogP contribution in [-0.4, -0.2) is 27.3 Å². The molecule has 0 aliphatic rings. The van der Waals surface area contributed by atoms with Crippen molar-refractivity contribution in [2.45, 2.75) is 27.7 Å². The predicted octanol–water partition coefficient (Wildman–Crippen LogP) is 2.93. The molecule has 0 saturated carbocycles. The molecule has 104 valence electrons. The first kappa shape index (κ1) is 15.0. The van der Waals surface area contributed by atoms with E-state index in [2.05, 4.69) is 10.1 Å². The molecule has 0 bridgehead atoms. The van der Waals surface area contributed by atoms with E-state index in [9.17, 15) is 4.79 Å². The highest BCUT2D eigenvalue weighted by Gasteiger charge is 2.17. The van der Waals surface area contributed by atoms with Gasteiger partial charge in [0.15, 0.2) is 0 Å². The number of ether oxygens (including phenoxy) is 1. The van der Waals surface area contributed by atoms with Crippen molar-refractivity contribution in [3.05, 3.63) is 29.7 Å². The smallest absolute Gasteiger partial charge is 0.355 e. The molecule has 1 N–H and O–H groups in total. The Morgan fingerprint density at radius 2 is 2.16 bits per heavy atom. The molecule has 0 aliphatic carbocycles. The van der Waals surface area contributed by atoms with Gasteiger partial charge in [-0.3, -0.25) is 4.68 Å². The average molecular weight is 263 g/mol. The van der Waals surface area contributed by atoms with Crippen LogP contribution in [0.15, 0.2) is 18.5 Å². The van der Waals surface area contributed by atoms with E-state index >= 15 is 0 Å². The van der Waals surface area contributed by atoms with Crippen LogP contribution in [0.4, 0.5) is 0 Å². The maximum Gasteiger partial charge on any atom is 0.355 e. The number of nitrogens with zero attached hydrogens (tertiary/aromatic N) is 2. The molecule has 5 heteroatoms. The normalized spacial score (nSPS) is 9.74. The summed E-state index contributed by atoms with van der Waals surface area (Å²) in [7, 11) is 1.86. The summed E-state index contributed by atoms with van der Waals surface area (Å²) in [6.45, 7) is 8.04. The molecule has 0 spiro atoms. The zero-order chi connectivity index (χ0) is 14.4. The zero-order valence-corrected chi connectivity index (χ0v) is 12.2. The third-order valence-electron chi connectivity index (χ3n) is 2.61. The number of hydrogen-bond donors (Lipinski definition) is 1. The van der Waals surface area contributed by atoms with Crippen LogP contribution in [0.25, 0.3) is 11.3 Å². The van der Waals surface area contributed by atoms with Crippen molar-refractivity contribution in [2.75, 3.05) is 6.61 Å². The standard InChI is InChI=1S/C12H15N3O2.C2H6/c1-4-17-12(16)11-8(2)9(7-13-11)10-5-6-15(3)14-10;1-2/h5-7,13H,4H2,1-3H3;1-2H3. The van der Waals surface area contributed by atoms with Crippen molar-refractivity contribution in [1.82, 2.24) is 14.8 Å². The van der Waals surface area contributed by atoms with E-state index in [-0.39, 0.29) is 5.97 Å². The Kier molecular flexibility index (Phi) is 5.36. The van der Waals surface area contributed by atoms with Crippen LogP contribution in [0.1, 0.15) is 36.8 Å². The number of hydrogen-bond acceptors (Lipinski definition) is 3. The highest BCUT2D eigenvalue weighted by molar-refractivity contribution is 5.91. The van der Waals surface area contributed by atoms with E-state index in [0.717, 1.165) is 16.8 Å². The molecule has 0 atom stereocenters. The summed E-state index contributed by atoms with van der Waals surface area (Å²) in [6, 6.07) is 1.91. The molecule has 0 aliphatic heterocycles. The van der Waals surface area contributed by atoms with Crippen molar-refractivity contribution < 1.29 is 9.53 Å². The van der Waals surface area contributed by atoms with Crippen molar-refractivity contribution in [2.24, 2.45) is 7.05 Å². The molecule has 19 heavy (non-hydrogen) atoms. The van der Waals surface area contributed by atoms with Gasteiger partial charge in [-0.25, -0.2) is 4.79 Å². The lowest BCUT2D eigenvalue weighted by molar-refractivity contribution is 0.0519. The SMILES string of the molecule is CC.CCOC(=O)c1[nH]cc(-c2ccn(C)n2)c1C. The van der Waals surface area contributed by atoms with E-state index in [1.807, 2.05) is 40.1 Å². The second-order valence-electron chi connectivity index (χ2n) is 3.80. The molecule has 0 radical (unpaired) electrons. The lowest BCUT2D eigenvalue weighted by atomic mass is 10.1. The number of H-pyrrole nitrogens is 1. The monoisotopic (exact) mass is 263 g/mol. The highest BCUT2D eigenvalue weighted by atomic mass is 16.5. The summed E-state index contributed by atoms with van der Waals surface area (Å²) in [6.07, 6.45) is 3.65. The summed E-state index contributed by atoms with van der Waals surface area (Å²) in [5.41, 5.74) is 3.13. The number of nitrogens with one attached hydrogen (secondary N) is 1. The summed E-state index contributed by atoms with van der Waals surface area (Å²) < 4.78 is 6.70. The van der Waals surface area contributed by atoms with Gasteiger partial charge in [0, 0.05) is 25.0 Å². The molecular formula is C14H21N3O2. The Hall–Kier alpha value is -2.04. The van der Waals surface area contributed by atoms with E-state index in [1.54, 1.807) is 17.8 Å². The van der Waals surface area contributed by atoms with Crippen LogP contribution in [-0.2, 0) is 11.8 Å². The predicted molar refractivity (Wildman–Crippen MR) is 75.0 cm³/mol. The van der Waals surface area contributed by atoms with Crippen molar-refractivity contribution in [1.29, 1.82) is 0 Å². The van der Waals surface area contributed by atoms with Gasteiger partial charge in [-0.2, -0.15) is 5.10 Å². The summed E-state index contributed by atoms with van der Waals surface area (Å²) in [4.78, 5) is 14.6. The minimum absolute atomic E-state index is 0.327. The van der Waals surface area contributed by atoms with Gasteiger partial charge in [0.1, 0.15) is 5.69 Å². The van der Waals surface area contributed by atoms with Gasteiger partial charge < -0.3 is 9.72 Å². The molecule has 2 aromatic heterocycles. The maximum absolute atomic E-state index is 11.6. The highest BCUT2D eigenvalue weighted by Crippen LogP contribution is 2.24. The second kappa shape index (κ2) is 6.78. The van der Waals surface area contributed by atoms with Gasteiger partial charge in [-0.1, -0.05) is 13.8 Å². The zero-order valence-electron chi connectivity index (χ0n) is 12.2. The Morgan fingerprint density at radius 3 is 2.68 bits per heavy atom. The lowest BCUT2D eigenvalue weighted by Crippen LogP contribution is -2.06. The van der Waals surface area contributed by atoms with Crippen LogP contribution < -0.4 is 0 Å². The molecule has 2 heterocycles. The number of aromatic amines is 1. The van der Waals surface area contributed by atoms with E-state index in [1.165, 1.54) is 0 Å². The molecule has 0 amide bonds. The molecular weight excluding hydrogens is 242 g/mol. The average Bonchev–Trinajstić information content (AvgIpc) is 2.98. The van der Waals surface area contributed by atoms with E-state index in [0.29, 0.717) is 12.3 Å². The number of rotatable bonds is 3. The minimum Gasteiger partial charge on any atom is -0.461 e. The first-order valence-electron chi connectivity index (χ1n) is 6.48. The number of aryl methyl sites for hydroxylation is 1. The Morgan fingerprint density at radius 1 is 1.47 bits per heavy atom. The van der Waals surface area contributed by atoms with Gasteiger partial charge in [-0.15, -0.1) is 0 Å². The van der Waals surface area contributed by atoms with Crippen molar-refractivity contribution >= 4 is 5.97 Å². The van der Waals surface area contributed by atoms with E-state index in [4.69, 9.17) is 4.74 Å². The molecule has 5 nitrogen and oxygen atoms in total. The lowest BCUT2D eigenvalue weighted by Gasteiger charge is -2.00. The van der Waals surface area contributed by atoms with Crippen molar-refractivity contribution in [3.63, 3.8) is 0 Å². The van der Waals surface area contributed by atoms with Gasteiger partial charge in [0.25, 0.3) is 0 Å². The fourth-order valence-electron chi connectivity index (χ4n) is 1.74. The molecule has 0 aromatic carbocycles. The second-order valence-corrected chi connectivity index (χ2v) is 3.80. The number of esters is 1. The van der Waals surface area contributed by atoms with Gasteiger partial charge >= 0.3 is 5.97 Å². The van der Waals surface area contributed by atoms with Gasteiger partial charge in [-0.05, 0) is 25.5 Å². The third kappa shape index (κ3) is 3.24. The first-order valence-corrected chi connectivity index (χ1v) is 6.48. The van der Waals surface area contributed by atoms with Crippen LogP contribution in [0.3, 0.4) is 0 Å². The molecule has 0 fully saturated rings. The van der Waals surface area contributed by atoms with Crippen LogP contribution in [0.2, 0.25) is 0 Å². The molecule has 2 rings (SSSR count). The Labute approximate surface area is 113 Å². The van der Waals surface area contributed by atoms with Crippen molar-refractivity contribution in [3.8, 4) is 11.3 Å². The topological polar surface area (TPSA) is 59.9 Å². The quantitative estimate of drug-likeness (QED) is 0.866. The first-order chi connectivity index (χ1) is 9.13. The third-order valence-corrected chi connectivity index (χ3v) is 2.61.